The van der Waals surface area contributed by atoms with E-state index in [4.69, 9.17) is 0 Å². The molecule has 176 valence electrons. The predicted octanol–water partition coefficient (Wildman–Crippen LogP) is 2.41. The summed E-state index contributed by atoms with van der Waals surface area (Å²) in [5.74, 6) is 0.760. The molecule has 2 saturated heterocycles. The zero-order chi connectivity index (χ0) is 22.8. The van der Waals surface area contributed by atoms with Gasteiger partial charge in [0.25, 0.3) is 0 Å². The molecule has 0 spiro atoms. The summed E-state index contributed by atoms with van der Waals surface area (Å²) in [5.41, 5.74) is 2.01. The molecule has 0 unspecified atom stereocenters. The quantitative estimate of drug-likeness (QED) is 0.695. The maximum absolute atomic E-state index is 14.1. The number of benzene rings is 1. The third-order valence-corrected chi connectivity index (χ3v) is 7.35. The Kier molecular flexibility index (Phi) is 6.55. The lowest BCUT2D eigenvalue weighted by molar-refractivity contribution is -0.134. The molecule has 1 aromatic carbocycles. The van der Waals surface area contributed by atoms with Gasteiger partial charge in [-0.25, -0.2) is 9.37 Å². The van der Waals surface area contributed by atoms with E-state index in [0.29, 0.717) is 17.8 Å². The number of rotatable bonds is 5. The van der Waals surface area contributed by atoms with E-state index in [1.165, 1.54) is 25.3 Å². The van der Waals surface area contributed by atoms with Gasteiger partial charge in [-0.2, -0.15) is 0 Å². The van der Waals surface area contributed by atoms with Crippen LogP contribution in [0.15, 0.2) is 30.6 Å². The first-order valence-corrected chi connectivity index (χ1v) is 12.1. The first kappa shape index (κ1) is 22.2. The lowest BCUT2D eigenvalue weighted by Gasteiger charge is -2.43. The number of nitrogens with zero attached hydrogens (tertiary/aromatic N) is 6. The molecule has 0 bridgehead atoms. The molecule has 1 aromatic heterocycles. The molecule has 8 heteroatoms. The van der Waals surface area contributed by atoms with E-state index in [0.717, 1.165) is 69.8 Å². The van der Waals surface area contributed by atoms with Crippen LogP contribution in [0.1, 0.15) is 24.8 Å². The smallest absolute Gasteiger partial charge is 0.236 e. The molecule has 1 amide bonds. The highest BCUT2D eigenvalue weighted by Gasteiger charge is 2.30. The summed E-state index contributed by atoms with van der Waals surface area (Å²) in [6.07, 6.45) is 7.38. The van der Waals surface area contributed by atoms with Crippen molar-refractivity contribution in [3.8, 4) is 11.3 Å². The molecule has 33 heavy (non-hydrogen) atoms. The van der Waals surface area contributed by atoms with Crippen LogP contribution in [0.2, 0.25) is 0 Å². The maximum atomic E-state index is 14.1. The Morgan fingerprint density at radius 3 is 2.39 bits per heavy atom. The number of hydrogen-bond donors (Lipinski definition) is 0. The van der Waals surface area contributed by atoms with E-state index in [-0.39, 0.29) is 11.7 Å². The van der Waals surface area contributed by atoms with Crippen molar-refractivity contribution in [3.05, 3.63) is 42.0 Å². The Morgan fingerprint density at radius 2 is 1.76 bits per heavy atom. The third-order valence-electron chi connectivity index (χ3n) is 7.35. The highest BCUT2D eigenvalue weighted by atomic mass is 19.1. The van der Waals surface area contributed by atoms with E-state index >= 15 is 0 Å². The Labute approximate surface area is 195 Å². The van der Waals surface area contributed by atoms with E-state index in [9.17, 15) is 9.18 Å². The number of aryl methyl sites for hydroxylation is 1. The molecule has 0 atom stereocenters. The number of anilines is 1. The fraction of sp³-hybridized carbons (Fsp3) is 0.560. The molecule has 1 aliphatic carbocycles. The molecular weight excluding hydrogens is 419 g/mol. The van der Waals surface area contributed by atoms with Crippen LogP contribution in [0.25, 0.3) is 11.3 Å². The van der Waals surface area contributed by atoms with Gasteiger partial charge in [-0.15, -0.1) is 0 Å². The number of amides is 1. The number of hydrogen-bond acceptors (Lipinski definition) is 6. The number of aromatic nitrogens is 2. The second-order valence-corrected chi connectivity index (χ2v) is 9.51. The van der Waals surface area contributed by atoms with Gasteiger partial charge in [-0.1, -0.05) is 18.1 Å². The van der Waals surface area contributed by atoms with Crippen molar-refractivity contribution >= 4 is 11.7 Å². The van der Waals surface area contributed by atoms with Crippen LogP contribution in [0.5, 0.6) is 0 Å². The van der Waals surface area contributed by atoms with Crippen molar-refractivity contribution in [2.75, 3.05) is 63.8 Å². The Hall–Kier alpha value is -2.58. The van der Waals surface area contributed by atoms with Crippen molar-refractivity contribution in [1.29, 1.82) is 0 Å². The maximum Gasteiger partial charge on any atom is 0.236 e. The van der Waals surface area contributed by atoms with E-state index in [1.807, 2.05) is 11.8 Å². The Bertz CT molecular complexity index is 963. The van der Waals surface area contributed by atoms with Crippen molar-refractivity contribution in [1.82, 2.24) is 24.7 Å². The Morgan fingerprint density at radius 1 is 1.00 bits per heavy atom. The van der Waals surface area contributed by atoms with Crippen LogP contribution in [-0.2, 0) is 4.79 Å². The number of piperazine rings is 2. The predicted molar refractivity (Wildman–Crippen MR) is 127 cm³/mol. The average molecular weight is 453 g/mol. The summed E-state index contributed by atoms with van der Waals surface area (Å²) in [6.45, 7) is 9.44. The van der Waals surface area contributed by atoms with Gasteiger partial charge in [0.1, 0.15) is 11.6 Å². The minimum Gasteiger partial charge on any atom is -0.353 e. The normalized spacial score (nSPS) is 20.7. The fourth-order valence-corrected chi connectivity index (χ4v) is 4.97. The second-order valence-electron chi connectivity index (χ2n) is 9.51. The van der Waals surface area contributed by atoms with Gasteiger partial charge < -0.3 is 9.80 Å². The first-order chi connectivity index (χ1) is 16.1. The minimum absolute atomic E-state index is 0.251. The molecule has 0 radical (unpaired) electrons. The molecule has 3 aliphatic rings. The third kappa shape index (κ3) is 5.01. The van der Waals surface area contributed by atoms with Gasteiger partial charge in [0, 0.05) is 64.0 Å². The summed E-state index contributed by atoms with van der Waals surface area (Å²) >= 11 is 0. The zero-order valence-electron chi connectivity index (χ0n) is 19.4. The summed E-state index contributed by atoms with van der Waals surface area (Å²) < 4.78 is 14.1. The number of halogens is 1. The van der Waals surface area contributed by atoms with Crippen LogP contribution in [0, 0.1) is 12.7 Å². The van der Waals surface area contributed by atoms with Crippen LogP contribution in [0.4, 0.5) is 10.2 Å². The van der Waals surface area contributed by atoms with Crippen LogP contribution in [0.3, 0.4) is 0 Å². The lowest BCUT2D eigenvalue weighted by atomic mass is 9.91. The van der Waals surface area contributed by atoms with E-state index < -0.39 is 0 Å². The summed E-state index contributed by atoms with van der Waals surface area (Å²) in [6, 6.07) is 5.78. The van der Waals surface area contributed by atoms with Gasteiger partial charge >= 0.3 is 0 Å². The highest BCUT2D eigenvalue weighted by Crippen LogP contribution is 2.26. The summed E-state index contributed by atoms with van der Waals surface area (Å²) in [5, 5.41) is 0. The first-order valence-electron chi connectivity index (χ1n) is 12.1. The topological polar surface area (TPSA) is 55.8 Å². The molecule has 3 heterocycles. The van der Waals surface area contributed by atoms with Crippen molar-refractivity contribution < 1.29 is 9.18 Å². The molecule has 2 aromatic rings. The monoisotopic (exact) mass is 452 g/mol. The molecule has 5 rings (SSSR count). The molecule has 3 fully saturated rings. The molecule has 7 nitrogen and oxygen atoms in total. The van der Waals surface area contributed by atoms with E-state index in [1.54, 1.807) is 24.5 Å². The molecular formula is C25H33FN6O. The van der Waals surface area contributed by atoms with E-state index in [2.05, 4.69) is 24.7 Å². The number of carbonyl (C=O) groups excluding carboxylic acids is 1. The van der Waals surface area contributed by atoms with Crippen LogP contribution >= 0.6 is 0 Å². The van der Waals surface area contributed by atoms with Crippen molar-refractivity contribution in [3.63, 3.8) is 0 Å². The zero-order valence-corrected chi connectivity index (χ0v) is 19.4. The standard InChI is InChI=1S/C25H33FN6O/c1-19-5-6-22(26)21(15-19)23-16-28-24(17-27-23)31-9-7-29(8-10-31)18-25(33)32-13-11-30(12-14-32)20-3-2-4-20/h5-6,15-17,20H,2-4,7-14,18H2,1H3. The van der Waals surface area contributed by atoms with Gasteiger partial charge in [0.2, 0.25) is 5.91 Å². The summed E-state index contributed by atoms with van der Waals surface area (Å²) in [4.78, 5) is 30.8. The number of carbonyl (C=O) groups is 1. The van der Waals surface area contributed by atoms with Gasteiger partial charge in [-0.3, -0.25) is 19.6 Å². The Balaban J connectivity index is 1.10. The molecule has 2 aliphatic heterocycles. The van der Waals surface area contributed by atoms with Crippen molar-refractivity contribution in [2.45, 2.75) is 32.2 Å². The molecule has 1 saturated carbocycles. The minimum atomic E-state index is -0.287. The lowest BCUT2D eigenvalue weighted by Crippen LogP contribution is -2.56. The molecule has 0 N–H and O–H groups in total. The van der Waals surface area contributed by atoms with Crippen LogP contribution < -0.4 is 4.90 Å². The average Bonchev–Trinajstić information content (AvgIpc) is 2.81. The SMILES string of the molecule is Cc1ccc(F)c(-c2cnc(N3CCN(CC(=O)N4CCN(C5CCC5)CC4)CC3)cn2)c1. The largest absolute Gasteiger partial charge is 0.353 e. The van der Waals surface area contributed by atoms with Gasteiger partial charge in [0.15, 0.2) is 0 Å². The van der Waals surface area contributed by atoms with Gasteiger partial charge in [0.05, 0.1) is 24.6 Å². The second kappa shape index (κ2) is 9.73. The highest BCUT2D eigenvalue weighted by molar-refractivity contribution is 5.78. The van der Waals surface area contributed by atoms with Gasteiger partial charge in [-0.05, 0) is 31.9 Å². The fourth-order valence-electron chi connectivity index (χ4n) is 4.97. The summed E-state index contributed by atoms with van der Waals surface area (Å²) in [7, 11) is 0. The van der Waals surface area contributed by atoms with Crippen LogP contribution in [-0.4, -0.2) is 95.5 Å². The van der Waals surface area contributed by atoms with Crippen molar-refractivity contribution in [2.24, 2.45) is 0 Å².